The van der Waals surface area contributed by atoms with E-state index in [1.165, 1.54) is 31.3 Å². The van der Waals surface area contributed by atoms with Gasteiger partial charge in [-0.3, -0.25) is 0 Å². The molecule has 0 saturated carbocycles. The van der Waals surface area contributed by atoms with E-state index in [1.54, 1.807) is 0 Å². The van der Waals surface area contributed by atoms with Crippen LogP contribution in [0.15, 0.2) is 11.6 Å². The highest BCUT2D eigenvalue weighted by atomic mass is 16.6. The molecule has 5 heteroatoms. The van der Waals surface area contributed by atoms with Crippen molar-refractivity contribution in [3.63, 3.8) is 0 Å². The molecule has 0 N–H and O–H groups in total. The van der Waals surface area contributed by atoms with Gasteiger partial charge in [0.05, 0.1) is 46.2 Å². The molecule has 0 aromatic carbocycles. The number of rotatable bonds is 5. The van der Waals surface area contributed by atoms with Crippen molar-refractivity contribution >= 4 is 0 Å². The molecule has 0 radical (unpaired) electrons. The number of epoxide rings is 2. The maximum absolute atomic E-state index is 5.62. The minimum atomic E-state index is 0.277. The molecule has 3 unspecified atom stereocenters. The highest BCUT2D eigenvalue weighted by molar-refractivity contribution is 5.11. The van der Waals surface area contributed by atoms with Gasteiger partial charge in [-0.1, -0.05) is 6.08 Å². The minimum Gasteiger partial charge on any atom is -0.376 e. The Kier molecular flexibility index (Phi) is 6.06. The van der Waals surface area contributed by atoms with E-state index in [9.17, 15) is 0 Å². The normalized spacial score (nSPS) is 34.5. The van der Waals surface area contributed by atoms with Crippen molar-refractivity contribution in [1.29, 1.82) is 0 Å². The molecule has 1 aliphatic carbocycles. The van der Waals surface area contributed by atoms with Crippen LogP contribution in [0.1, 0.15) is 25.7 Å². The lowest BCUT2D eigenvalue weighted by molar-refractivity contribution is -0.0737. The van der Waals surface area contributed by atoms with Gasteiger partial charge in [0.25, 0.3) is 0 Å². The third kappa shape index (κ3) is 6.04. The van der Waals surface area contributed by atoms with Gasteiger partial charge in [0.2, 0.25) is 0 Å². The fourth-order valence-electron chi connectivity index (χ4n) is 2.52. The van der Waals surface area contributed by atoms with Crippen LogP contribution in [0, 0.1) is 0 Å². The molecule has 5 nitrogen and oxygen atoms in total. The molecule has 3 aliphatic heterocycles. The fourth-order valence-corrected chi connectivity index (χ4v) is 2.52. The van der Waals surface area contributed by atoms with E-state index in [1.807, 2.05) is 0 Å². The van der Waals surface area contributed by atoms with Crippen LogP contribution in [0.2, 0.25) is 0 Å². The van der Waals surface area contributed by atoms with Crippen molar-refractivity contribution < 1.29 is 23.7 Å². The summed E-state index contributed by atoms with van der Waals surface area (Å²) in [6.45, 7) is 5.56. The Bertz CT molecular complexity index is 318. The Balaban J connectivity index is 0.000000131. The van der Waals surface area contributed by atoms with Crippen molar-refractivity contribution in [2.75, 3.05) is 46.2 Å². The van der Waals surface area contributed by atoms with Gasteiger partial charge in [0.1, 0.15) is 18.3 Å². The molecule has 0 aromatic rings. The lowest BCUT2D eigenvalue weighted by Crippen LogP contribution is -2.30. The van der Waals surface area contributed by atoms with E-state index in [-0.39, 0.29) is 6.10 Å². The predicted octanol–water partition coefficient (Wildman–Crippen LogP) is 1.70. The van der Waals surface area contributed by atoms with Gasteiger partial charge in [0, 0.05) is 0 Å². The van der Waals surface area contributed by atoms with E-state index < -0.39 is 0 Å². The summed E-state index contributed by atoms with van der Waals surface area (Å²) in [5, 5.41) is 0. The molecule has 4 aliphatic rings. The minimum absolute atomic E-state index is 0.277. The molecule has 120 valence electrons. The molecule has 0 bridgehead atoms. The van der Waals surface area contributed by atoms with E-state index in [4.69, 9.17) is 23.7 Å². The summed E-state index contributed by atoms with van der Waals surface area (Å²) in [4.78, 5) is 0. The van der Waals surface area contributed by atoms with Crippen molar-refractivity contribution in [2.24, 2.45) is 0 Å². The van der Waals surface area contributed by atoms with Crippen LogP contribution in [0.5, 0.6) is 0 Å². The van der Waals surface area contributed by atoms with Gasteiger partial charge in [-0.15, -0.1) is 0 Å². The first-order chi connectivity index (χ1) is 10.4. The maximum atomic E-state index is 5.62. The van der Waals surface area contributed by atoms with E-state index >= 15 is 0 Å². The SMILES string of the molecule is C(OCC1CO1)C1CO1.C1=C(C2COCCO2)CCCC1. The van der Waals surface area contributed by atoms with Gasteiger partial charge in [-0.05, 0) is 31.3 Å². The predicted molar refractivity (Wildman–Crippen MR) is 77.4 cm³/mol. The molecule has 3 heterocycles. The lowest BCUT2D eigenvalue weighted by atomic mass is 9.95. The first kappa shape index (κ1) is 15.4. The van der Waals surface area contributed by atoms with Gasteiger partial charge in [0.15, 0.2) is 0 Å². The smallest absolute Gasteiger partial charge is 0.104 e. The van der Waals surface area contributed by atoms with Crippen LogP contribution in [0.25, 0.3) is 0 Å². The molecular weight excluding hydrogens is 272 g/mol. The van der Waals surface area contributed by atoms with Crippen LogP contribution in [0.4, 0.5) is 0 Å². The van der Waals surface area contributed by atoms with Gasteiger partial charge < -0.3 is 23.7 Å². The number of ether oxygens (including phenoxy) is 5. The Morgan fingerprint density at radius 2 is 1.71 bits per heavy atom. The molecule has 3 fully saturated rings. The summed E-state index contributed by atoms with van der Waals surface area (Å²) in [6.07, 6.45) is 8.51. The topological polar surface area (TPSA) is 52.8 Å². The Hall–Kier alpha value is -0.460. The molecular formula is C16H26O5. The average Bonchev–Trinajstić information content (AvgIpc) is 3.45. The second-order valence-corrected chi connectivity index (χ2v) is 5.91. The Labute approximate surface area is 126 Å². The summed E-state index contributed by atoms with van der Waals surface area (Å²) < 4.78 is 26.1. The summed E-state index contributed by atoms with van der Waals surface area (Å²) in [6, 6.07) is 0. The van der Waals surface area contributed by atoms with E-state index in [2.05, 4.69) is 6.08 Å². The summed E-state index contributed by atoms with van der Waals surface area (Å²) in [7, 11) is 0. The third-order valence-electron chi connectivity index (χ3n) is 3.97. The Morgan fingerprint density at radius 1 is 0.952 bits per heavy atom. The zero-order valence-electron chi connectivity index (χ0n) is 12.6. The quantitative estimate of drug-likeness (QED) is 0.571. The van der Waals surface area contributed by atoms with Crippen LogP contribution < -0.4 is 0 Å². The fraction of sp³-hybridized carbons (Fsp3) is 0.875. The Morgan fingerprint density at radius 3 is 2.24 bits per heavy atom. The zero-order chi connectivity index (χ0) is 14.3. The van der Waals surface area contributed by atoms with E-state index in [0.717, 1.165) is 46.2 Å². The van der Waals surface area contributed by atoms with Crippen molar-refractivity contribution in [2.45, 2.75) is 44.0 Å². The second kappa shape index (κ2) is 8.25. The first-order valence-electron chi connectivity index (χ1n) is 8.11. The van der Waals surface area contributed by atoms with Crippen molar-refractivity contribution in [3.05, 3.63) is 11.6 Å². The number of hydrogen-bond donors (Lipinski definition) is 0. The average molecular weight is 298 g/mol. The molecule has 21 heavy (non-hydrogen) atoms. The molecule has 3 saturated heterocycles. The molecule has 0 aromatic heterocycles. The largest absolute Gasteiger partial charge is 0.376 e. The summed E-state index contributed by atoms with van der Waals surface area (Å²) >= 11 is 0. The monoisotopic (exact) mass is 298 g/mol. The zero-order valence-corrected chi connectivity index (χ0v) is 12.6. The van der Waals surface area contributed by atoms with Crippen LogP contribution >= 0.6 is 0 Å². The molecule has 0 amide bonds. The molecule has 3 atom stereocenters. The van der Waals surface area contributed by atoms with Crippen LogP contribution in [-0.4, -0.2) is 64.6 Å². The molecule has 4 rings (SSSR count). The summed E-state index contributed by atoms with van der Waals surface area (Å²) in [5.74, 6) is 0. The maximum Gasteiger partial charge on any atom is 0.104 e. The van der Waals surface area contributed by atoms with Crippen LogP contribution in [0.3, 0.4) is 0 Å². The standard InChI is InChI=1S/C10H16O2.C6H10O3/c1-2-4-9(5-3-1)10-8-11-6-7-12-10;1(5-3-8-5)7-2-6-4-9-6/h4,10H,1-3,5-8H2;5-6H,1-4H2. The number of allylic oxidation sites excluding steroid dienone is 1. The van der Waals surface area contributed by atoms with Crippen molar-refractivity contribution in [3.8, 4) is 0 Å². The summed E-state index contributed by atoms with van der Waals surface area (Å²) in [5.41, 5.74) is 1.47. The highest BCUT2D eigenvalue weighted by Crippen LogP contribution is 2.23. The number of hydrogen-bond acceptors (Lipinski definition) is 5. The molecule has 0 spiro atoms. The second-order valence-electron chi connectivity index (χ2n) is 5.91. The van der Waals surface area contributed by atoms with E-state index in [0.29, 0.717) is 12.2 Å². The third-order valence-corrected chi connectivity index (χ3v) is 3.97. The lowest BCUT2D eigenvalue weighted by Gasteiger charge is -2.27. The highest BCUT2D eigenvalue weighted by Gasteiger charge is 2.26. The van der Waals surface area contributed by atoms with Gasteiger partial charge in [-0.2, -0.15) is 0 Å². The van der Waals surface area contributed by atoms with Gasteiger partial charge in [-0.25, -0.2) is 0 Å². The first-order valence-corrected chi connectivity index (χ1v) is 8.11. The van der Waals surface area contributed by atoms with Crippen LogP contribution in [-0.2, 0) is 23.7 Å². The van der Waals surface area contributed by atoms with Crippen molar-refractivity contribution in [1.82, 2.24) is 0 Å². The van der Waals surface area contributed by atoms with Gasteiger partial charge >= 0.3 is 0 Å².